The van der Waals surface area contributed by atoms with Crippen molar-refractivity contribution in [1.29, 1.82) is 0 Å². The van der Waals surface area contributed by atoms with E-state index in [1.807, 2.05) is 0 Å². The highest BCUT2D eigenvalue weighted by atomic mass is 16.4. The predicted molar refractivity (Wildman–Crippen MR) is 68.8 cm³/mol. The van der Waals surface area contributed by atoms with E-state index in [1.54, 1.807) is 13.8 Å². The molecule has 0 aromatic rings. The van der Waals surface area contributed by atoms with Crippen molar-refractivity contribution in [3.8, 4) is 0 Å². The van der Waals surface area contributed by atoms with Gasteiger partial charge in [0.25, 0.3) is 0 Å². The Hall–Kier alpha value is -2.12. The fraction of sp³-hybridized carbons (Fsp3) is 0.667. The molecule has 0 aliphatic carbocycles. The van der Waals surface area contributed by atoms with Crippen molar-refractivity contribution in [1.82, 2.24) is 15.5 Å². The minimum absolute atomic E-state index is 0.179. The molecule has 1 saturated heterocycles. The van der Waals surface area contributed by atoms with Crippen molar-refractivity contribution in [2.24, 2.45) is 0 Å². The third-order valence-corrected chi connectivity index (χ3v) is 3.46. The van der Waals surface area contributed by atoms with Crippen molar-refractivity contribution < 1.29 is 24.3 Å². The highest BCUT2D eigenvalue weighted by Crippen LogP contribution is 2.14. The summed E-state index contributed by atoms with van der Waals surface area (Å²) < 4.78 is 0. The van der Waals surface area contributed by atoms with E-state index in [9.17, 15) is 19.2 Å². The maximum absolute atomic E-state index is 12.2. The molecule has 0 bridgehead atoms. The van der Waals surface area contributed by atoms with Crippen molar-refractivity contribution in [3.63, 3.8) is 0 Å². The van der Waals surface area contributed by atoms with E-state index in [-0.39, 0.29) is 13.0 Å². The van der Waals surface area contributed by atoms with Crippen LogP contribution in [0, 0.1) is 0 Å². The van der Waals surface area contributed by atoms with E-state index in [1.165, 1.54) is 6.92 Å². The summed E-state index contributed by atoms with van der Waals surface area (Å²) in [4.78, 5) is 47.4. The topological polar surface area (TPSA) is 116 Å². The molecule has 0 radical (unpaired) electrons. The van der Waals surface area contributed by atoms with Gasteiger partial charge in [0.05, 0.1) is 0 Å². The standard InChI is InChI=1S/C12H19N3O5/c1-4-7-9(17)13-8(16)6-15(7)11(20)14-12(3,5-2)10(18)19/h7H,4-6H2,1-3H3,(H,14,20)(H,18,19)(H,13,16,17). The lowest BCUT2D eigenvalue weighted by Gasteiger charge is -2.36. The second kappa shape index (κ2) is 5.89. The first-order valence-electron chi connectivity index (χ1n) is 6.41. The largest absolute Gasteiger partial charge is 0.480 e. The zero-order valence-electron chi connectivity index (χ0n) is 11.7. The average molecular weight is 285 g/mol. The zero-order valence-corrected chi connectivity index (χ0v) is 11.7. The van der Waals surface area contributed by atoms with Crippen molar-refractivity contribution in [3.05, 3.63) is 0 Å². The molecule has 1 fully saturated rings. The van der Waals surface area contributed by atoms with Gasteiger partial charge in [-0.15, -0.1) is 0 Å². The number of carboxylic acids is 1. The third kappa shape index (κ3) is 3.06. The smallest absolute Gasteiger partial charge is 0.329 e. The van der Waals surface area contributed by atoms with Crippen LogP contribution in [0.2, 0.25) is 0 Å². The second-order valence-electron chi connectivity index (χ2n) is 4.89. The number of carboxylic acid groups (broad SMARTS) is 1. The van der Waals surface area contributed by atoms with Crippen LogP contribution in [0.4, 0.5) is 4.79 Å². The highest BCUT2D eigenvalue weighted by Gasteiger charge is 2.40. The molecule has 0 spiro atoms. The molecule has 20 heavy (non-hydrogen) atoms. The molecule has 1 heterocycles. The van der Waals surface area contributed by atoms with E-state index in [4.69, 9.17) is 5.11 Å². The fourth-order valence-electron chi connectivity index (χ4n) is 1.89. The van der Waals surface area contributed by atoms with E-state index < -0.39 is 35.4 Å². The Morgan fingerprint density at radius 2 is 2.05 bits per heavy atom. The Morgan fingerprint density at radius 3 is 2.50 bits per heavy atom. The van der Waals surface area contributed by atoms with E-state index in [0.29, 0.717) is 6.42 Å². The van der Waals surface area contributed by atoms with Gasteiger partial charge in [0.1, 0.15) is 18.1 Å². The zero-order chi connectivity index (χ0) is 15.5. The van der Waals surface area contributed by atoms with Crippen molar-refractivity contribution in [2.75, 3.05) is 6.54 Å². The van der Waals surface area contributed by atoms with Gasteiger partial charge in [0.2, 0.25) is 11.8 Å². The summed E-state index contributed by atoms with van der Waals surface area (Å²) in [5.41, 5.74) is -1.44. The van der Waals surface area contributed by atoms with Gasteiger partial charge >= 0.3 is 12.0 Å². The fourth-order valence-corrected chi connectivity index (χ4v) is 1.89. The minimum atomic E-state index is -1.44. The van der Waals surface area contributed by atoms with Crippen molar-refractivity contribution in [2.45, 2.75) is 45.2 Å². The SMILES string of the molecule is CCC1C(=O)NC(=O)CN1C(=O)NC(C)(CC)C(=O)O. The molecule has 3 N–H and O–H groups in total. The van der Waals surface area contributed by atoms with Crippen LogP contribution in [-0.4, -0.2) is 51.9 Å². The molecule has 4 amide bonds. The first-order chi connectivity index (χ1) is 9.25. The van der Waals surface area contributed by atoms with Crippen LogP contribution in [-0.2, 0) is 14.4 Å². The molecule has 8 nitrogen and oxygen atoms in total. The highest BCUT2D eigenvalue weighted by molar-refractivity contribution is 6.04. The molecule has 1 aliphatic rings. The summed E-state index contributed by atoms with van der Waals surface area (Å²) in [6.07, 6.45) is 0.515. The van der Waals surface area contributed by atoms with E-state index in [0.717, 1.165) is 4.90 Å². The Morgan fingerprint density at radius 1 is 1.45 bits per heavy atom. The van der Waals surface area contributed by atoms with Gasteiger partial charge in [-0.1, -0.05) is 13.8 Å². The summed E-state index contributed by atoms with van der Waals surface area (Å²) in [6, 6.07) is -1.51. The molecule has 2 atom stereocenters. The number of carbonyl (C=O) groups is 4. The Labute approximate surface area is 116 Å². The van der Waals surface area contributed by atoms with Crippen LogP contribution >= 0.6 is 0 Å². The molecule has 1 aliphatic heterocycles. The van der Waals surface area contributed by atoms with E-state index in [2.05, 4.69) is 10.6 Å². The van der Waals surface area contributed by atoms with Crippen LogP contribution in [0.25, 0.3) is 0 Å². The number of amides is 4. The normalized spacial score (nSPS) is 21.9. The van der Waals surface area contributed by atoms with Gasteiger partial charge in [-0.3, -0.25) is 14.9 Å². The van der Waals surface area contributed by atoms with Crippen LogP contribution in [0.15, 0.2) is 0 Å². The number of nitrogens with zero attached hydrogens (tertiary/aromatic N) is 1. The Kier molecular flexibility index (Phi) is 4.69. The van der Waals surface area contributed by atoms with Gasteiger partial charge in [0, 0.05) is 0 Å². The number of nitrogens with one attached hydrogen (secondary N) is 2. The maximum atomic E-state index is 12.2. The predicted octanol–water partition coefficient (Wildman–Crippen LogP) is -0.314. The third-order valence-electron chi connectivity index (χ3n) is 3.46. The number of hydrogen-bond donors (Lipinski definition) is 3. The van der Waals surface area contributed by atoms with Crippen LogP contribution in [0.5, 0.6) is 0 Å². The number of rotatable bonds is 4. The number of aliphatic carboxylic acids is 1. The second-order valence-corrected chi connectivity index (χ2v) is 4.89. The molecule has 0 aromatic heterocycles. The molecule has 112 valence electrons. The van der Waals surface area contributed by atoms with Crippen molar-refractivity contribution >= 4 is 23.8 Å². The van der Waals surface area contributed by atoms with Gasteiger partial charge in [-0.25, -0.2) is 9.59 Å². The summed E-state index contributed by atoms with van der Waals surface area (Å²) in [6.45, 7) is 4.44. The summed E-state index contributed by atoms with van der Waals surface area (Å²) in [7, 11) is 0. The lowest BCUT2D eigenvalue weighted by atomic mass is 9.99. The quantitative estimate of drug-likeness (QED) is 0.612. The number of carbonyl (C=O) groups excluding carboxylic acids is 3. The number of urea groups is 1. The summed E-state index contributed by atoms with van der Waals surface area (Å²) in [5.74, 6) is -2.30. The molecule has 0 saturated carbocycles. The Balaban J connectivity index is 2.91. The molecule has 2 unspecified atom stereocenters. The Bertz CT molecular complexity index is 450. The van der Waals surface area contributed by atoms with Crippen LogP contribution in [0.1, 0.15) is 33.6 Å². The van der Waals surface area contributed by atoms with Crippen LogP contribution < -0.4 is 10.6 Å². The first-order valence-corrected chi connectivity index (χ1v) is 6.41. The molecule has 8 heteroatoms. The van der Waals surface area contributed by atoms with Gasteiger partial charge in [-0.2, -0.15) is 0 Å². The minimum Gasteiger partial charge on any atom is -0.480 e. The molecular formula is C12H19N3O5. The molecule has 1 rings (SSSR count). The van der Waals surface area contributed by atoms with Gasteiger partial charge in [-0.05, 0) is 19.8 Å². The summed E-state index contributed by atoms with van der Waals surface area (Å²) in [5, 5.41) is 13.6. The van der Waals surface area contributed by atoms with Gasteiger partial charge < -0.3 is 15.3 Å². The number of hydrogen-bond acceptors (Lipinski definition) is 4. The lowest BCUT2D eigenvalue weighted by Crippen LogP contribution is -2.64. The monoisotopic (exact) mass is 285 g/mol. The molecule has 0 aromatic carbocycles. The number of piperazine rings is 1. The van der Waals surface area contributed by atoms with Gasteiger partial charge in [0.15, 0.2) is 0 Å². The number of imide groups is 1. The van der Waals surface area contributed by atoms with E-state index >= 15 is 0 Å². The van der Waals surface area contributed by atoms with Crippen LogP contribution in [0.3, 0.4) is 0 Å². The first kappa shape index (κ1) is 15.9. The molecular weight excluding hydrogens is 266 g/mol. The maximum Gasteiger partial charge on any atom is 0.329 e. The lowest BCUT2D eigenvalue weighted by molar-refractivity contribution is -0.143. The average Bonchev–Trinajstić information content (AvgIpc) is 2.37. The summed E-state index contributed by atoms with van der Waals surface area (Å²) >= 11 is 0.